The Bertz CT molecular complexity index is 1080. The van der Waals surface area contributed by atoms with Gasteiger partial charge in [0.1, 0.15) is 0 Å². The first-order valence-corrected chi connectivity index (χ1v) is 11.7. The summed E-state index contributed by atoms with van der Waals surface area (Å²) in [7, 11) is 2.12. The van der Waals surface area contributed by atoms with Crippen molar-refractivity contribution in [1.82, 2.24) is 15.5 Å². The Labute approximate surface area is 193 Å². The number of nitrogen functional groups attached to an aromatic ring is 1. The second-order valence-electron chi connectivity index (χ2n) is 9.78. The first-order valence-electron chi connectivity index (χ1n) is 10.5. The lowest BCUT2D eigenvalue weighted by Gasteiger charge is -2.48. The zero-order chi connectivity index (χ0) is 22.4. The summed E-state index contributed by atoms with van der Waals surface area (Å²) in [5.41, 5.74) is 9.85. The predicted molar refractivity (Wildman–Crippen MR) is 133 cm³/mol. The zero-order valence-corrected chi connectivity index (χ0v) is 20.3. The number of nitrogens with one attached hydrogen (secondary N) is 1. The van der Waals surface area contributed by atoms with Gasteiger partial charge in [-0.1, -0.05) is 41.1 Å². The Morgan fingerprint density at radius 1 is 1.03 bits per heavy atom. The fourth-order valence-corrected chi connectivity index (χ4v) is 5.92. The quantitative estimate of drug-likeness (QED) is 0.483. The molecule has 1 aliphatic rings. The number of anilines is 2. The summed E-state index contributed by atoms with van der Waals surface area (Å²) < 4.78 is 0. The lowest BCUT2D eigenvalue weighted by atomic mass is 9.79. The van der Waals surface area contributed by atoms with Crippen LogP contribution in [0.3, 0.4) is 0 Å². The van der Waals surface area contributed by atoms with Gasteiger partial charge in [-0.05, 0) is 75.9 Å². The highest BCUT2D eigenvalue weighted by Gasteiger charge is 2.39. The molecule has 1 fully saturated rings. The van der Waals surface area contributed by atoms with E-state index < -0.39 is 0 Å². The van der Waals surface area contributed by atoms with E-state index in [0.29, 0.717) is 11.1 Å². The molecular weight excluding hydrogens is 426 g/mol. The van der Waals surface area contributed by atoms with E-state index in [9.17, 15) is 0 Å². The molecule has 1 saturated heterocycles. The van der Waals surface area contributed by atoms with Crippen LogP contribution in [0.1, 0.15) is 40.5 Å². The van der Waals surface area contributed by atoms with Gasteiger partial charge >= 0.3 is 0 Å². The van der Waals surface area contributed by atoms with Gasteiger partial charge in [-0.15, -0.1) is 10.2 Å². The van der Waals surface area contributed by atoms with E-state index >= 15 is 0 Å². The van der Waals surface area contributed by atoms with E-state index in [4.69, 9.17) is 17.3 Å². The second-order valence-corrected chi connectivity index (χ2v) is 11.1. The molecule has 3 aromatic rings. The monoisotopic (exact) mass is 455 g/mol. The number of hydrogen-bond donors (Lipinski definition) is 2. The molecule has 0 saturated carbocycles. The van der Waals surface area contributed by atoms with Crippen LogP contribution in [0.4, 0.5) is 10.8 Å². The van der Waals surface area contributed by atoms with Crippen molar-refractivity contribution in [1.29, 1.82) is 0 Å². The molecule has 7 heteroatoms. The van der Waals surface area contributed by atoms with Crippen molar-refractivity contribution in [2.24, 2.45) is 0 Å². The molecule has 0 spiro atoms. The SMILES string of the molecule is CN(c1nnc(-c2cc(-c3cccc(N)c3)ccc2Cl)s1)C1CC(C)(C)NC(C)(C)C1. The standard InChI is InChI=1S/C24H30ClN5S/c1-23(2)13-18(14-24(3,4)29-23)30(5)22-28-27-21(31-22)19-12-16(9-10-20(19)25)15-7-6-8-17(26)11-15/h6-12,18,29H,13-14,26H2,1-5H3. The number of nitrogens with zero attached hydrogens (tertiary/aromatic N) is 3. The van der Waals surface area contributed by atoms with E-state index in [1.54, 1.807) is 11.3 Å². The first kappa shape index (κ1) is 22.1. The fraction of sp³-hybridized carbons (Fsp3) is 0.417. The summed E-state index contributed by atoms with van der Waals surface area (Å²) in [6.45, 7) is 9.06. The van der Waals surface area contributed by atoms with Gasteiger partial charge in [-0.2, -0.15) is 0 Å². The minimum absolute atomic E-state index is 0.0728. The highest BCUT2D eigenvalue weighted by molar-refractivity contribution is 7.18. The van der Waals surface area contributed by atoms with E-state index in [1.807, 2.05) is 36.4 Å². The van der Waals surface area contributed by atoms with E-state index in [0.717, 1.165) is 45.4 Å². The van der Waals surface area contributed by atoms with Gasteiger partial charge < -0.3 is 16.0 Å². The summed E-state index contributed by atoms with van der Waals surface area (Å²) in [5.74, 6) is 0. The molecule has 0 amide bonds. The maximum atomic E-state index is 6.55. The van der Waals surface area contributed by atoms with Gasteiger partial charge in [0, 0.05) is 35.4 Å². The number of piperidine rings is 1. The Morgan fingerprint density at radius 2 is 1.71 bits per heavy atom. The van der Waals surface area contributed by atoms with Crippen LogP contribution in [0.2, 0.25) is 5.02 Å². The van der Waals surface area contributed by atoms with Crippen molar-refractivity contribution in [2.45, 2.75) is 57.7 Å². The summed E-state index contributed by atoms with van der Waals surface area (Å²) >= 11 is 8.14. The third-order valence-electron chi connectivity index (χ3n) is 5.85. The van der Waals surface area contributed by atoms with Gasteiger partial charge in [0.15, 0.2) is 5.01 Å². The Balaban J connectivity index is 1.62. The Morgan fingerprint density at radius 3 is 2.39 bits per heavy atom. The van der Waals surface area contributed by atoms with E-state index in [-0.39, 0.29) is 11.1 Å². The predicted octanol–water partition coefficient (Wildman–Crippen LogP) is 5.85. The van der Waals surface area contributed by atoms with Crippen molar-refractivity contribution in [2.75, 3.05) is 17.7 Å². The van der Waals surface area contributed by atoms with Crippen LogP contribution in [-0.4, -0.2) is 34.4 Å². The van der Waals surface area contributed by atoms with Crippen LogP contribution < -0.4 is 16.0 Å². The van der Waals surface area contributed by atoms with Crippen LogP contribution in [-0.2, 0) is 0 Å². The van der Waals surface area contributed by atoms with Crippen LogP contribution in [0.25, 0.3) is 21.7 Å². The number of nitrogens with two attached hydrogens (primary N) is 1. The molecule has 0 aliphatic carbocycles. The number of hydrogen-bond acceptors (Lipinski definition) is 6. The first-order chi connectivity index (χ1) is 14.5. The van der Waals surface area contributed by atoms with Gasteiger partial charge in [0.2, 0.25) is 5.13 Å². The molecule has 1 aromatic heterocycles. The molecule has 4 rings (SSSR count). The maximum absolute atomic E-state index is 6.55. The zero-order valence-electron chi connectivity index (χ0n) is 18.7. The van der Waals surface area contributed by atoms with Crippen molar-refractivity contribution >= 4 is 33.8 Å². The summed E-state index contributed by atoms with van der Waals surface area (Å²) in [5, 5.41) is 15.2. The number of aromatic nitrogens is 2. The molecular formula is C24H30ClN5S. The summed E-state index contributed by atoms with van der Waals surface area (Å²) in [6.07, 6.45) is 2.10. The average Bonchev–Trinajstić information content (AvgIpc) is 3.15. The molecule has 1 aliphatic heterocycles. The summed E-state index contributed by atoms with van der Waals surface area (Å²) in [4.78, 5) is 2.28. The lowest BCUT2D eigenvalue weighted by molar-refractivity contribution is 0.161. The van der Waals surface area contributed by atoms with Crippen LogP contribution in [0.5, 0.6) is 0 Å². The number of halogens is 1. The second kappa shape index (κ2) is 8.08. The van der Waals surface area contributed by atoms with Gasteiger partial charge in [-0.3, -0.25) is 0 Å². The lowest BCUT2D eigenvalue weighted by Crippen LogP contribution is -2.61. The van der Waals surface area contributed by atoms with E-state index in [1.165, 1.54) is 0 Å². The third kappa shape index (κ3) is 4.86. The number of benzene rings is 2. The molecule has 0 bridgehead atoms. The molecule has 0 radical (unpaired) electrons. The molecule has 0 unspecified atom stereocenters. The summed E-state index contributed by atoms with van der Waals surface area (Å²) in [6, 6.07) is 14.2. The minimum atomic E-state index is 0.0728. The molecule has 0 atom stereocenters. The smallest absolute Gasteiger partial charge is 0.208 e. The maximum Gasteiger partial charge on any atom is 0.208 e. The van der Waals surface area contributed by atoms with Crippen molar-refractivity contribution in [3.05, 3.63) is 47.5 Å². The van der Waals surface area contributed by atoms with Crippen molar-refractivity contribution < 1.29 is 0 Å². The largest absolute Gasteiger partial charge is 0.399 e. The molecule has 31 heavy (non-hydrogen) atoms. The van der Waals surface area contributed by atoms with Crippen LogP contribution >= 0.6 is 22.9 Å². The molecule has 2 heterocycles. The average molecular weight is 456 g/mol. The minimum Gasteiger partial charge on any atom is -0.399 e. The van der Waals surface area contributed by atoms with Gasteiger partial charge in [-0.25, -0.2) is 0 Å². The van der Waals surface area contributed by atoms with E-state index in [2.05, 4.69) is 61.2 Å². The Kier molecular flexibility index (Phi) is 5.75. The highest BCUT2D eigenvalue weighted by atomic mass is 35.5. The molecule has 5 nitrogen and oxygen atoms in total. The van der Waals surface area contributed by atoms with Gasteiger partial charge in [0.05, 0.1) is 5.02 Å². The fourth-order valence-electron chi connectivity index (χ4n) is 4.75. The van der Waals surface area contributed by atoms with Crippen LogP contribution in [0, 0.1) is 0 Å². The van der Waals surface area contributed by atoms with Crippen LogP contribution in [0.15, 0.2) is 42.5 Å². The topological polar surface area (TPSA) is 67.1 Å². The molecule has 2 aromatic carbocycles. The Hall–Kier alpha value is -2.15. The molecule has 164 valence electrons. The van der Waals surface area contributed by atoms with Crippen molar-refractivity contribution in [3.8, 4) is 21.7 Å². The van der Waals surface area contributed by atoms with Gasteiger partial charge in [0.25, 0.3) is 0 Å². The highest BCUT2D eigenvalue weighted by Crippen LogP contribution is 2.38. The third-order valence-corrected chi connectivity index (χ3v) is 7.23. The van der Waals surface area contributed by atoms with Crippen molar-refractivity contribution in [3.63, 3.8) is 0 Å². The number of rotatable bonds is 4. The normalized spacial score (nSPS) is 18.1. The molecule has 3 N–H and O–H groups in total.